The third-order valence-corrected chi connectivity index (χ3v) is 6.58. The number of nitrogens with one attached hydrogen (secondary N) is 1. The minimum absolute atomic E-state index is 0.191. The van der Waals surface area contributed by atoms with Gasteiger partial charge in [0.1, 0.15) is 21.2 Å². The van der Waals surface area contributed by atoms with Crippen molar-refractivity contribution < 1.29 is 9.59 Å². The highest BCUT2D eigenvalue weighted by Gasteiger charge is 2.43. The number of imide groups is 1. The molecule has 0 bridgehead atoms. The van der Waals surface area contributed by atoms with Gasteiger partial charge in [0, 0.05) is 22.6 Å². The lowest BCUT2D eigenvalue weighted by molar-refractivity contribution is -0.130. The van der Waals surface area contributed by atoms with Crippen molar-refractivity contribution in [2.45, 2.75) is 31.3 Å². The first kappa shape index (κ1) is 18.9. The molecule has 0 saturated carbocycles. The monoisotopic (exact) mass is 412 g/mol. The minimum Gasteiger partial charge on any atom is -0.324 e. The van der Waals surface area contributed by atoms with Gasteiger partial charge in [0.05, 0.1) is 0 Å². The molecule has 1 aliphatic heterocycles. The lowest BCUT2D eigenvalue weighted by atomic mass is 10.1. The molecule has 6 nitrogen and oxygen atoms in total. The Morgan fingerprint density at radius 3 is 2.61 bits per heavy atom. The van der Waals surface area contributed by atoms with E-state index in [0.717, 1.165) is 25.7 Å². The highest BCUT2D eigenvalue weighted by atomic mass is 32.2. The number of hydrogen-bond donors (Lipinski definition) is 1. The number of urea groups is 1. The van der Waals surface area contributed by atoms with Crippen LogP contribution >= 0.6 is 23.1 Å². The van der Waals surface area contributed by atoms with E-state index < -0.39 is 5.54 Å². The molecule has 3 heterocycles. The van der Waals surface area contributed by atoms with Crippen LogP contribution in [0, 0.1) is 6.92 Å². The summed E-state index contributed by atoms with van der Waals surface area (Å²) in [4.78, 5) is 36.9. The molecule has 8 heteroatoms. The highest BCUT2D eigenvalue weighted by Crippen LogP contribution is 2.36. The van der Waals surface area contributed by atoms with Crippen molar-refractivity contribution in [2.24, 2.45) is 0 Å². The van der Waals surface area contributed by atoms with Crippen molar-refractivity contribution in [3.8, 4) is 10.4 Å². The standard InChI is InChI=1S/C20H20N4O2S2/c1-12-21-16(27-10-9-24-18(25)20(2,3)23-19(24)26)14-11-15(28-17(14)22-12)13-7-5-4-6-8-13/h4-8,11H,9-10H2,1-3H3,(H,23,26). The Labute approximate surface area is 171 Å². The van der Waals surface area contributed by atoms with Crippen LogP contribution in [-0.2, 0) is 4.79 Å². The van der Waals surface area contributed by atoms with Crippen LogP contribution in [0.25, 0.3) is 20.7 Å². The van der Waals surface area contributed by atoms with Crippen LogP contribution in [0.15, 0.2) is 41.4 Å². The van der Waals surface area contributed by atoms with E-state index in [1.54, 1.807) is 36.9 Å². The molecular formula is C20H20N4O2S2. The number of rotatable bonds is 5. The smallest absolute Gasteiger partial charge is 0.324 e. The average molecular weight is 413 g/mol. The van der Waals surface area contributed by atoms with Gasteiger partial charge in [-0.2, -0.15) is 0 Å². The van der Waals surface area contributed by atoms with E-state index in [2.05, 4.69) is 33.5 Å². The minimum atomic E-state index is -0.835. The maximum absolute atomic E-state index is 12.3. The second-order valence-electron chi connectivity index (χ2n) is 7.13. The summed E-state index contributed by atoms with van der Waals surface area (Å²) in [7, 11) is 0. The van der Waals surface area contributed by atoms with Gasteiger partial charge in [-0.05, 0) is 32.4 Å². The van der Waals surface area contributed by atoms with Gasteiger partial charge < -0.3 is 5.32 Å². The molecule has 1 fully saturated rings. The van der Waals surface area contributed by atoms with Crippen LogP contribution in [0.2, 0.25) is 0 Å². The Kier molecular flexibility index (Phi) is 4.84. The second kappa shape index (κ2) is 7.18. The Morgan fingerprint density at radius 1 is 1.18 bits per heavy atom. The molecule has 0 aliphatic carbocycles. The summed E-state index contributed by atoms with van der Waals surface area (Å²) in [5, 5.41) is 4.60. The fourth-order valence-corrected chi connectivity index (χ4v) is 5.23. The Hall–Kier alpha value is -2.45. The zero-order valence-corrected chi connectivity index (χ0v) is 17.5. The van der Waals surface area contributed by atoms with Crippen LogP contribution in [0.5, 0.6) is 0 Å². The van der Waals surface area contributed by atoms with E-state index in [-0.39, 0.29) is 11.9 Å². The molecule has 4 rings (SSSR count). The zero-order chi connectivity index (χ0) is 19.9. The van der Waals surface area contributed by atoms with E-state index in [0.29, 0.717) is 18.1 Å². The van der Waals surface area contributed by atoms with E-state index in [1.807, 2.05) is 25.1 Å². The fourth-order valence-electron chi connectivity index (χ4n) is 3.11. The van der Waals surface area contributed by atoms with Gasteiger partial charge in [-0.1, -0.05) is 30.3 Å². The lowest BCUT2D eigenvalue weighted by Gasteiger charge is -2.15. The quantitative estimate of drug-likeness (QED) is 0.388. The van der Waals surface area contributed by atoms with Crippen molar-refractivity contribution in [2.75, 3.05) is 12.3 Å². The summed E-state index contributed by atoms with van der Waals surface area (Å²) in [6.07, 6.45) is 0. The predicted molar refractivity (Wildman–Crippen MR) is 113 cm³/mol. The first-order valence-electron chi connectivity index (χ1n) is 8.96. The number of nitrogens with zero attached hydrogens (tertiary/aromatic N) is 3. The first-order valence-corrected chi connectivity index (χ1v) is 10.8. The van der Waals surface area contributed by atoms with Crippen molar-refractivity contribution in [1.29, 1.82) is 0 Å². The molecular weight excluding hydrogens is 392 g/mol. The van der Waals surface area contributed by atoms with Crippen LogP contribution < -0.4 is 5.32 Å². The molecule has 3 aromatic rings. The number of hydrogen-bond acceptors (Lipinski definition) is 6. The molecule has 0 radical (unpaired) electrons. The number of carbonyl (C=O) groups is 2. The topological polar surface area (TPSA) is 75.2 Å². The summed E-state index contributed by atoms with van der Waals surface area (Å²) >= 11 is 3.19. The number of fused-ring (bicyclic) bond motifs is 1. The molecule has 0 unspecified atom stereocenters. The van der Waals surface area contributed by atoms with Crippen LogP contribution in [0.1, 0.15) is 19.7 Å². The van der Waals surface area contributed by atoms with Crippen molar-refractivity contribution in [1.82, 2.24) is 20.2 Å². The Morgan fingerprint density at radius 2 is 1.93 bits per heavy atom. The maximum Gasteiger partial charge on any atom is 0.325 e. The number of amides is 3. The van der Waals surface area contributed by atoms with Gasteiger partial charge >= 0.3 is 6.03 Å². The number of benzene rings is 1. The van der Waals surface area contributed by atoms with Gasteiger partial charge in [-0.25, -0.2) is 14.8 Å². The van der Waals surface area contributed by atoms with Crippen molar-refractivity contribution in [3.63, 3.8) is 0 Å². The summed E-state index contributed by atoms with van der Waals surface area (Å²) in [5.74, 6) is 1.11. The molecule has 1 aromatic carbocycles. The molecule has 1 N–H and O–H groups in total. The number of thiophene rings is 1. The zero-order valence-electron chi connectivity index (χ0n) is 15.9. The van der Waals surface area contributed by atoms with Crippen molar-refractivity contribution >= 4 is 45.3 Å². The van der Waals surface area contributed by atoms with Gasteiger partial charge in [0.15, 0.2) is 0 Å². The molecule has 0 spiro atoms. The van der Waals surface area contributed by atoms with E-state index in [4.69, 9.17) is 0 Å². The van der Waals surface area contributed by atoms with Gasteiger partial charge in [-0.15, -0.1) is 23.1 Å². The Balaban J connectivity index is 1.55. The number of thioether (sulfide) groups is 1. The first-order chi connectivity index (χ1) is 13.3. The summed E-state index contributed by atoms with van der Waals surface area (Å²) < 4.78 is 0. The normalized spacial score (nSPS) is 16.0. The largest absolute Gasteiger partial charge is 0.325 e. The average Bonchev–Trinajstić information content (AvgIpc) is 3.16. The predicted octanol–water partition coefficient (Wildman–Crippen LogP) is 4.09. The fraction of sp³-hybridized carbons (Fsp3) is 0.300. The third kappa shape index (κ3) is 3.49. The van der Waals surface area contributed by atoms with Gasteiger partial charge in [0.25, 0.3) is 5.91 Å². The van der Waals surface area contributed by atoms with E-state index >= 15 is 0 Å². The van der Waals surface area contributed by atoms with Crippen molar-refractivity contribution in [3.05, 3.63) is 42.2 Å². The SMILES string of the molecule is Cc1nc(SCCN2C(=O)NC(C)(C)C2=O)c2cc(-c3ccccc3)sc2n1. The molecule has 3 amide bonds. The Bertz CT molecular complexity index is 1060. The van der Waals surface area contributed by atoms with Gasteiger partial charge in [0.2, 0.25) is 0 Å². The number of aromatic nitrogens is 2. The molecule has 28 heavy (non-hydrogen) atoms. The molecule has 1 aliphatic rings. The molecule has 0 atom stereocenters. The van der Waals surface area contributed by atoms with E-state index in [1.165, 1.54) is 4.90 Å². The summed E-state index contributed by atoms with van der Waals surface area (Å²) in [5.41, 5.74) is 0.319. The van der Waals surface area contributed by atoms with Gasteiger partial charge in [-0.3, -0.25) is 9.69 Å². The van der Waals surface area contributed by atoms with Crippen LogP contribution in [0.3, 0.4) is 0 Å². The third-order valence-electron chi connectivity index (χ3n) is 4.53. The number of aryl methyl sites for hydroxylation is 1. The highest BCUT2D eigenvalue weighted by molar-refractivity contribution is 7.99. The lowest BCUT2D eigenvalue weighted by Crippen LogP contribution is -2.40. The summed E-state index contributed by atoms with van der Waals surface area (Å²) in [6, 6.07) is 12.0. The maximum atomic E-state index is 12.3. The molecule has 2 aromatic heterocycles. The second-order valence-corrected chi connectivity index (χ2v) is 9.25. The molecule has 1 saturated heterocycles. The molecule has 144 valence electrons. The number of carbonyl (C=O) groups excluding carboxylic acids is 2. The van der Waals surface area contributed by atoms with E-state index in [9.17, 15) is 9.59 Å². The summed E-state index contributed by atoms with van der Waals surface area (Å²) in [6.45, 7) is 5.66. The van der Waals surface area contributed by atoms with Crippen LogP contribution in [0.4, 0.5) is 4.79 Å². The van der Waals surface area contributed by atoms with Crippen LogP contribution in [-0.4, -0.2) is 44.6 Å².